The maximum atomic E-state index is 12.4. The largest absolute Gasteiger partial charge is 0.349 e. The molecule has 1 aliphatic rings. The first-order valence-electron chi connectivity index (χ1n) is 9.13. The van der Waals surface area contributed by atoms with Crippen LogP contribution in [0.5, 0.6) is 0 Å². The smallest absolute Gasteiger partial charge is 0.261 e. The molecular weight excluding hydrogens is 428 g/mol. The van der Waals surface area contributed by atoms with Crippen LogP contribution in [-0.2, 0) is 10.0 Å². The summed E-state index contributed by atoms with van der Waals surface area (Å²) in [6.07, 6.45) is 6.83. The van der Waals surface area contributed by atoms with Gasteiger partial charge in [0.2, 0.25) is 0 Å². The van der Waals surface area contributed by atoms with Crippen LogP contribution in [0.25, 0.3) is 0 Å². The van der Waals surface area contributed by atoms with Crippen LogP contribution in [0.3, 0.4) is 0 Å². The third-order valence-corrected chi connectivity index (χ3v) is 6.64. The highest BCUT2D eigenvalue weighted by molar-refractivity contribution is 9.10. The first-order valence-corrected chi connectivity index (χ1v) is 11.4. The molecule has 7 heteroatoms. The molecule has 144 valence electrons. The van der Waals surface area contributed by atoms with Crippen molar-refractivity contribution in [1.29, 1.82) is 0 Å². The molecule has 3 rings (SSSR count). The summed E-state index contributed by atoms with van der Waals surface area (Å²) in [5.41, 5.74) is 0.953. The van der Waals surface area contributed by atoms with Gasteiger partial charge in [-0.05, 0) is 61.4 Å². The van der Waals surface area contributed by atoms with E-state index in [4.69, 9.17) is 0 Å². The van der Waals surface area contributed by atoms with Crippen LogP contribution in [0.1, 0.15) is 48.9 Å². The minimum absolute atomic E-state index is 0.107. The number of anilines is 1. The van der Waals surface area contributed by atoms with Crippen molar-refractivity contribution in [2.24, 2.45) is 0 Å². The average Bonchev–Trinajstić information content (AvgIpc) is 2.91. The molecule has 0 aromatic heterocycles. The highest BCUT2D eigenvalue weighted by Gasteiger charge is 2.17. The van der Waals surface area contributed by atoms with Gasteiger partial charge in [0, 0.05) is 21.8 Å². The summed E-state index contributed by atoms with van der Waals surface area (Å²) in [6.45, 7) is 0. The van der Waals surface area contributed by atoms with Crippen LogP contribution < -0.4 is 10.0 Å². The molecule has 0 saturated heterocycles. The molecule has 0 unspecified atom stereocenters. The van der Waals surface area contributed by atoms with Gasteiger partial charge in [0.15, 0.2) is 0 Å². The van der Waals surface area contributed by atoms with Gasteiger partial charge in [-0.25, -0.2) is 8.42 Å². The van der Waals surface area contributed by atoms with E-state index in [9.17, 15) is 13.2 Å². The Hall–Kier alpha value is -1.86. The molecule has 27 heavy (non-hydrogen) atoms. The van der Waals surface area contributed by atoms with Gasteiger partial charge in [0.25, 0.3) is 15.9 Å². The molecule has 0 radical (unpaired) electrons. The lowest BCUT2D eigenvalue weighted by atomic mass is 10.1. The van der Waals surface area contributed by atoms with Gasteiger partial charge in [-0.1, -0.05) is 41.6 Å². The van der Waals surface area contributed by atoms with Crippen LogP contribution >= 0.6 is 15.9 Å². The molecule has 0 spiro atoms. The molecular formula is C20H23BrN2O3S. The highest BCUT2D eigenvalue weighted by atomic mass is 79.9. The van der Waals surface area contributed by atoms with Gasteiger partial charge in [-0.15, -0.1) is 0 Å². The number of amides is 1. The van der Waals surface area contributed by atoms with E-state index in [2.05, 4.69) is 26.0 Å². The first-order chi connectivity index (χ1) is 12.9. The summed E-state index contributed by atoms with van der Waals surface area (Å²) < 4.78 is 28.2. The van der Waals surface area contributed by atoms with Crippen LogP contribution in [0.2, 0.25) is 0 Å². The molecule has 1 saturated carbocycles. The Balaban J connectivity index is 1.64. The summed E-state index contributed by atoms with van der Waals surface area (Å²) in [5, 5.41) is 3.09. The monoisotopic (exact) mass is 450 g/mol. The Labute approximate surface area is 168 Å². The molecule has 1 fully saturated rings. The van der Waals surface area contributed by atoms with E-state index < -0.39 is 10.0 Å². The average molecular weight is 451 g/mol. The van der Waals surface area contributed by atoms with Gasteiger partial charge in [-0.3, -0.25) is 9.52 Å². The topological polar surface area (TPSA) is 75.3 Å². The van der Waals surface area contributed by atoms with E-state index >= 15 is 0 Å². The zero-order valence-electron chi connectivity index (χ0n) is 14.9. The quantitative estimate of drug-likeness (QED) is 0.647. The van der Waals surface area contributed by atoms with E-state index in [1.165, 1.54) is 25.0 Å². The Morgan fingerprint density at radius 3 is 2.07 bits per heavy atom. The van der Waals surface area contributed by atoms with E-state index in [-0.39, 0.29) is 16.8 Å². The van der Waals surface area contributed by atoms with Crippen molar-refractivity contribution in [3.05, 3.63) is 58.6 Å². The number of benzene rings is 2. The normalized spacial score (nSPS) is 15.7. The number of carbonyl (C=O) groups is 1. The van der Waals surface area contributed by atoms with Crippen LogP contribution in [-0.4, -0.2) is 20.4 Å². The van der Waals surface area contributed by atoms with Crippen molar-refractivity contribution in [2.75, 3.05) is 4.72 Å². The van der Waals surface area contributed by atoms with Gasteiger partial charge in [0.05, 0.1) is 4.90 Å². The van der Waals surface area contributed by atoms with Gasteiger partial charge in [0.1, 0.15) is 0 Å². The maximum absolute atomic E-state index is 12.4. The second kappa shape index (κ2) is 8.89. The summed E-state index contributed by atoms with van der Waals surface area (Å²) in [4.78, 5) is 12.6. The molecule has 2 aromatic rings. The fraction of sp³-hybridized carbons (Fsp3) is 0.350. The first kappa shape index (κ1) is 19.9. The summed E-state index contributed by atoms with van der Waals surface area (Å²) in [6, 6.07) is 13.1. The number of nitrogens with one attached hydrogen (secondary N) is 2. The van der Waals surface area contributed by atoms with Crippen LogP contribution in [0, 0.1) is 0 Å². The standard InChI is InChI=1S/C20H23BrN2O3S/c21-16-9-13-19(14-10-16)27(25,26)23-18-11-7-15(8-12-18)20(24)22-17-5-3-1-2-4-6-17/h7-14,17,23H,1-6H2,(H,22,24). The molecule has 1 amide bonds. The predicted molar refractivity (Wildman–Crippen MR) is 110 cm³/mol. The van der Waals surface area contributed by atoms with Crippen molar-refractivity contribution < 1.29 is 13.2 Å². The maximum Gasteiger partial charge on any atom is 0.261 e. The minimum atomic E-state index is -3.66. The molecule has 2 aromatic carbocycles. The summed E-state index contributed by atoms with van der Waals surface area (Å²) in [5.74, 6) is -0.107. The zero-order valence-corrected chi connectivity index (χ0v) is 17.4. The fourth-order valence-electron chi connectivity index (χ4n) is 3.21. The number of carbonyl (C=O) groups excluding carboxylic acids is 1. The molecule has 0 aliphatic heterocycles. The van der Waals surface area contributed by atoms with Gasteiger partial charge < -0.3 is 5.32 Å². The molecule has 2 N–H and O–H groups in total. The van der Waals surface area contributed by atoms with Gasteiger partial charge in [-0.2, -0.15) is 0 Å². The second-order valence-corrected chi connectivity index (χ2v) is 9.40. The Bertz CT molecular complexity index is 872. The van der Waals surface area contributed by atoms with Crippen LogP contribution in [0.15, 0.2) is 57.9 Å². The second-order valence-electron chi connectivity index (χ2n) is 6.80. The fourth-order valence-corrected chi connectivity index (χ4v) is 4.53. The SMILES string of the molecule is O=C(NC1CCCCCC1)c1ccc(NS(=O)(=O)c2ccc(Br)cc2)cc1. The van der Waals surface area contributed by atoms with Crippen molar-refractivity contribution in [3.63, 3.8) is 0 Å². The highest BCUT2D eigenvalue weighted by Crippen LogP contribution is 2.20. The van der Waals surface area contributed by atoms with E-state index in [0.29, 0.717) is 11.3 Å². The van der Waals surface area contributed by atoms with E-state index in [1.807, 2.05) is 0 Å². The predicted octanol–water partition coefficient (Wildman–Crippen LogP) is 4.70. The van der Waals surface area contributed by atoms with Crippen molar-refractivity contribution in [1.82, 2.24) is 5.32 Å². The van der Waals surface area contributed by atoms with Gasteiger partial charge >= 0.3 is 0 Å². The number of hydrogen-bond acceptors (Lipinski definition) is 3. The zero-order chi connectivity index (χ0) is 19.3. The van der Waals surface area contributed by atoms with Crippen molar-refractivity contribution >= 4 is 37.5 Å². The Morgan fingerprint density at radius 1 is 0.889 bits per heavy atom. The summed E-state index contributed by atoms with van der Waals surface area (Å²) >= 11 is 3.29. The molecule has 5 nitrogen and oxygen atoms in total. The van der Waals surface area contributed by atoms with Crippen molar-refractivity contribution in [3.8, 4) is 0 Å². The third-order valence-electron chi connectivity index (χ3n) is 4.71. The number of rotatable bonds is 5. The number of sulfonamides is 1. The van der Waals surface area contributed by atoms with E-state index in [0.717, 1.165) is 30.2 Å². The van der Waals surface area contributed by atoms with Crippen molar-refractivity contribution in [2.45, 2.75) is 49.5 Å². The molecule has 1 aliphatic carbocycles. The lowest BCUT2D eigenvalue weighted by Gasteiger charge is -2.16. The lowest BCUT2D eigenvalue weighted by molar-refractivity contribution is 0.0933. The number of hydrogen-bond donors (Lipinski definition) is 2. The molecule has 0 bridgehead atoms. The Morgan fingerprint density at radius 2 is 1.48 bits per heavy atom. The third kappa shape index (κ3) is 5.56. The lowest BCUT2D eigenvalue weighted by Crippen LogP contribution is -2.34. The molecule has 0 heterocycles. The summed E-state index contributed by atoms with van der Waals surface area (Å²) in [7, 11) is -3.66. The Kier molecular flexibility index (Phi) is 6.55. The van der Waals surface area contributed by atoms with E-state index in [1.54, 1.807) is 36.4 Å². The number of halogens is 1. The molecule has 0 atom stereocenters. The minimum Gasteiger partial charge on any atom is -0.349 e. The van der Waals surface area contributed by atoms with Crippen LogP contribution in [0.4, 0.5) is 5.69 Å².